The van der Waals surface area contributed by atoms with Gasteiger partial charge in [-0.1, -0.05) is 51.3 Å². The Bertz CT molecular complexity index is 1380. The number of halogens is 1. The lowest BCUT2D eigenvalue weighted by Gasteiger charge is -2.59. The van der Waals surface area contributed by atoms with Crippen molar-refractivity contribution in [1.82, 2.24) is 24.9 Å². The van der Waals surface area contributed by atoms with E-state index in [9.17, 15) is 19.2 Å². The molecule has 0 radical (unpaired) electrons. The largest absolute Gasteiger partial charge is 0.348 e. The number of carbonyl (C=O) groups is 2. The number of benzene rings is 1. The van der Waals surface area contributed by atoms with Crippen LogP contribution >= 0.6 is 0 Å². The smallest absolute Gasteiger partial charge is 0.246 e. The Morgan fingerprint density at radius 1 is 1.16 bits per heavy atom. The van der Waals surface area contributed by atoms with Crippen molar-refractivity contribution in [3.8, 4) is 6.07 Å². The molecule has 6 rings (SSSR count). The fraction of sp³-hybridized carbons (Fsp3) is 0.718. The van der Waals surface area contributed by atoms with Crippen molar-refractivity contribution in [1.29, 1.82) is 5.26 Å². The van der Waals surface area contributed by atoms with Crippen LogP contribution < -0.4 is 5.32 Å². The number of unbranched alkanes of at least 4 members (excludes halogenated alkanes) is 4. The number of hydrogen-bond donors (Lipinski definition) is 1. The Labute approximate surface area is 292 Å². The number of hydrogen-bond acceptors (Lipinski definition) is 8. The second-order valence-corrected chi connectivity index (χ2v) is 15.3. The van der Waals surface area contributed by atoms with Gasteiger partial charge in [-0.2, -0.15) is 5.26 Å². The maximum Gasteiger partial charge on any atom is 0.246 e. The molecule has 0 aromatic heterocycles. The lowest BCUT2D eigenvalue weighted by Crippen LogP contribution is -2.75. The molecule has 5 aliphatic rings. The van der Waals surface area contributed by atoms with Crippen molar-refractivity contribution < 1.29 is 18.7 Å². The zero-order chi connectivity index (χ0) is 34.5. The summed E-state index contributed by atoms with van der Waals surface area (Å²) in [6.07, 6.45) is 12.6. The number of ether oxygens (including phenoxy) is 1. The van der Waals surface area contributed by atoms with Gasteiger partial charge in [0.25, 0.3) is 0 Å². The third kappa shape index (κ3) is 7.52. The maximum absolute atomic E-state index is 14.9. The summed E-state index contributed by atoms with van der Waals surface area (Å²) in [5, 5.41) is 13.6. The molecule has 1 spiro atoms. The molecule has 9 nitrogen and oxygen atoms in total. The van der Waals surface area contributed by atoms with E-state index < -0.39 is 17.8 Å². The molecule has 3 heterocycles. The zero-order valence-corrected chi connectivity index (χ0v) is 29.8. The number of likely N-dealkylation sites (tertiary alicyclic amines) is 1. The van der Waals surface area contributed by atoms with Gasteiger partial charge < -0.3 is 14.5 Å². The average molecular weight is 677 g/mol. The molecule has 3 saturated heterocycles. The fourth-order valence-electron chi connectivity index (χ4n) is 9.67. The van der Waals surface area contributed by atoms with Gasteiger partial charge in [-0.05, 0) is 88.2 Å². The van der Waals surface area contributed by atoms with Crippen molar-refractivity contribution >= 4 is 11.7 Å². The van der Waals surface area contributed by atoms with E-state index in [2.05, 4.69) is 46.6 Å². The molecule has 10 heteroatoms. The minimum Gasteiger partial charge on any atom is -0.348 e. The number of ketones is 1. The van der Waals surface area contributed by atoms with Crippen LogP contribution in [0.3, 0.4) is 0 Å². The van der Waals surface area contributed by atoms with E-state index >= 15 is 0 Å². The SMILES string of the molecule is C=CC(=O)N1CCN(C2C3CCC4(CCc5c(F)cccc5C4)C(=O)C3NC(OCC3CCCN3C)N2CCCCCCC)CC1CC#N. The molecule has 4 fully saturated rings. The number of carbonyl (C=O) groups excluding carboxylic acids is 2. The topological polar surface area (TPSA) is 92.2 Å². The summed E-state index contributed by atoms with van der Waals surface area (Å²) in [5.74, 6) is -0.0280. The van der Waals surface area contributed by atoms with Crippen LogP contribution in [0.15, 0.2) is 30.9 Å². The molecule has 7 unspecified atom stereocenters. The summed E-state index contributed by atoms with van der Waals surface area (Å²) in [5.41, 5.74) is 1.22. The molecule has 0 bridgehead atoms. The highest BCUT2D eigenvalue weighted by molar-refractivity contribution is 5.91. The summed E-state index contributed by atoms with van der Waals surface area (Å²) in [4.78, 5) is 36.9. The summed E-state index contributed by atoms with van der Waals surface area (Å²) in [6.45, 7) is 10.2. The third-order valence-electron chi connectivity index (χ3n) is 12.4. The molecule has 1 aromatic rings. The van der Waals surface area contributed by atoms with Crippen LogP contribution in [0.2, 0.25) is 0 Å². The molecule has 2 aliphatic carbocycles. The number of nitrogens with one attached hydrogen (secondary N) is 1. The summed E-state index contributed by atoms with van der Waals surface area (Å²) in [6, 6.07) is 7.34. The number of nitrogens with zero attached hydrogens (tertiary/aromatic N) is 5. The van der Waals surface area contributed by atoms with Crippen molar-refractivity contribution in [2.45, 2.75) is 121 Å². The molecular weight excluding hydrogens is 619 g/mol. The number of fused-ring (bicyclic) bond motifs is 2. The Morgan fingerprint density at radius 3 is 2.76 bits per heavy atom. The van der Waals surface area contributed by atoms with Crippen LogP contribution in [-0.2, 0) is 27.2 Å². The van der Waals surface area contributed by atoms with E-state index in [1.165, 1.54) is 31.4 Å². The number of amides is 1. The standard InChI is InChI=1S/C39H57FN6O3/c1-4-6-7-8-9-22-46-37(44-23-24-45(34(47)5-2)29(26-44)17-20-41)32-16-19-39(18-15-31-28(25-39)12-10-14-33(31)40)36(48)35(32)42-38(46)49-27-30-13-11-21-43(30)3/h5,10,12,14,29-30,32,35,37-38,42H,2,4,6-9,11,13,15-19,21-27H2,1,3H3. The zero-order valence-electron chi connectivity index (χ0n) is 29.8. The molecule has 7 atom stereocenters. The Morgan fingerprint density at radius 2 is 2.00 bits per heavy atom. The minimum absolute atomic E-state index is 0.0288. The van der Waals surface area contributed by atoms with Gasteiger partial charge in [-0.15, -0.1) is 0 Å². The number of Topliss-reactive ketones (excluding diaryl/α,β-unsaturated/α-hetero) is 1. The first-order chi connectivity index (χ1) is 23.8. The number of likely N-dealkylation sites (N-methyl/N-ethyl adjacent to an activating group) is 1. The fourth-order valence-corrected chi connectivity index (χ4v) is 9.67. The van der Waals surface area contributed by atoms with Gasteiger partial charge in [-0.25, -0.2) is 9.29 Å². The lowest BCUT2D eigenvalue weighted by molar-refractivity contribution is -0.203. The van der Waals surface area contributed by atoms with Crippen LogP contribution in [0.4, 0.5) is 4.39 Å². The number of piperazine rings is 1. The van der Waals surface area contributed by atoms with Gasteiger partial charge in [0.1, 0.15) is 5.82 Å². The molecular formula is C39H57FN6O3. The van der Waals surface area contributed by atoms with Crippen LogP contribution in [0.5, 0.6) is 0 Å². The maximum atomic E-state index is 14.9. The van der Waals surface area contributed by atoms with Crippen molar-refractivity contribution in [3.63, 3.8) is 0 Å². The highest BCUT2D eigenvalue weighted by Gasteiger charge is 2.57. The molecule has 49 heavy (non-hydrogen) atoms. The van der Waals surface area contributed by atoms with Gasteiger partial charge in [0.2, 0.25) is 5.91 Å². The van der Waals surface area contributed by atoms with Crippen molar-refractivity contribution in [2.75, 3.05) is 46.4 Å². The Balaban J connectivity index is 1.32. The van der Waals surface area contributed by atoms with Crippen LogP contribution in [0.25, 0.3) is 0 Å². The lowest BCUT2D eigenvalue weighted by atomic mass is 9.58. The van der Waals surface area contributed by atoms with E-state index in [1.807, 2.05) is 6.07 Å². The number of rotatable bonds is 12. The predicted molar refractivity (Wildman–Crippen MR) is 188 cm³/mol. The Hall–Kier alpha value is -2.68. The van der Waals surface area contributed by atoms with E-state index in [-0.39, 0.29) is 42.1 Å². The van der Waals surface area contributed by atoms with E-state index in [0.717, 1.165) is 62.7 Å². The van der Waals surface area contributed by atoms with E-state index in [4.69, 9.17) is 4.74 Å². The number of nitriles is 1. The normalized spacial score (nSPS) is 32.5. The van der Waals surface area contributed by atoms with Gasteiger partial charge in [0, 0.05) is 43.6 Å². The second kappa shape index (κ2) is 16.1. The molecule has 1 amide bonds. The van der Waals surface area contributed by atoms with Gasteiger partial charge in [0.05, 0.1) is 37.3 Å². The minimum atomic E-state index is -0.517. The molecule has 1 N–H and O–H groups in total. The quantitative estimate of drug-likeness (QED) is 0.248. The second-order valence-electron chi connectivity index (χ2n) is 15.3. The highest BCUT2D eigenvalue weighted by Crippen LogP contribution is 2.49. The first-order valence-corrected chi connectivity index (χ1v) is 19.0. The van der Waals surface area contributed by atoms with Crippen LogP contribution in [0, 0.1) is 28.5 Å². The van der Waals surface area contributed by atoms with Crippen LogP contribution in [-0.4, -0.2) is 108 Å². The first kappa shape index (κ1) is 36.1. The molecule has 1 saturated carbocycles. The first-order valence-electron chi connectivity index (χ1n) is 19.0. The predicted octanol–water partition coefficient (Wildman–Crippen LogP) is 4.86. The summed E-state index contributed by atoms with van der Waals surface area (Å²) in [7, 11) is 2.16. The van der Waals surface area contributed by atoms with Gasteiger partial charge >= 0.3 is 0 Å². The van der Waals surface area contributed by atoms with E-state index in [1.54, 1.807) is 11.0 Å². The third-order valence-corrected chi connectivity index (χ3v) is 12.4. The molecule has 3 aliphatic heterocycles. The van der Waals surface area contributed by atoms with Crippen LogP contribution in [0.1, 0.15) is 88.7 Å². The van der Waals surface area contributed by atoms with Gasteiger partial charge in [-0.3, -0.25) is 19.8 Å². The molecule has 1 aromatic carbocycles. The summed E-state index contributed by atoms with van der Waals surface area (Å²) < 4.78 is 21.6. The van der Waals surface area contributed by atoms with Crippen molar-refractivity contribution in [2.24, 2.45) is 11.3 Å². The monoisotopic (exact) mass is 676 g/mol. The Kier molecular flexibility index (Phi) is 11.9. The van der Waals surface area contributed by atoms with E-state index in [0.29, 0.717) is 51.5 Å². The van der Waals surface area contributed by atoms with Crippen molar-refractivity contribution in [3.05, 3.63) is 47.8 Å². The molecule has 268 valence electrons. The van der Waals surface area contributed by atoms with Gasteiger partial charge in [0.15, 0.2) is 12.1 Å². The highest BCUT2D eigenvalue weighted by atomic mass is 19.1. The summed E-state index contributed by atoms with van der Waals surface area (Å²) >= 11 is 0. The average Bonchev–Trinajstić information content (AvgIpc) is 3.53.